The minimum absolute atomic E-state index is 0.462. The van der Waals surface area contributed by atoms with E-state index in [2.05, 4.69) is 9.97 Å². The molecule has 0 bridgehead atoms. The standard InChI is InChI=1S/C17H15ClN2O/c18-17-14(11-13-5-1-2-7-16(13)20-17)12-21-10-8-15-6-3-4-9-19-15/h1-7,9,11H,8,10,12H2. The van der Waals surface area contributed by atoms with E-state index in [0.29, 0.717) is 18.4 Å². The molecule has 3 rings (SSSR count). The monoisotopic (exact) mass is 298 g/mol. The first-order chi connectivity index (χ1) is 10.3. The zero-order chi connectivity index (χ0) is 14.5. The molecule has 0 N–H and O–H groups in total. The van der Waals surface area contributed by atoms with E-state index in [0.717, 1.165) is 28.6 Å². The van der Waals surface area contributed by atoms with Crippen LogP contribution in [-0.4, -0.2) is 16.6 Å². The number of pyridine rings is 2. The summed E-state index contributed by atoms with van der Waals surface area (Å²) in [6, 6.07) is 15.8. The molecular formula is C17H15ClN2O. The van der Waals surface area contributed by atoms with Crippen molar-refractivity contribution in [3.05, 3.63) is 71.1 Å². The van der Waals surface area contributed by atoms with Crippen molar-refractivity contribution < 1.29 is 4.74 Å². The summed E-state index contributed by atoms with van der Waals surface area (Å²) in [5, 5.41) is 1.58. The molecule has 0 aliphatic carbocycles. The second kappa shape index (κ2) is 6.66. The average Bonchev–Trinajstić information content (AvgIpc) is 2.53. The maximum Gasteiger partial charge on any atom is 0.135 e. The molecule has 0 saturated carbocycles. The molecule has 4 heteroatoms. The Hall–Kier alpha value is -1.97. The van der Waals surface area contributed by atoms with Gasteiger partial charge in [0, 0.05) is 29.3 Å². The second-order valence-corrected chi connectivity index (χ2v) is 5.11. The van der Waals surface area contributed by atoms with E-state index < -0.39 is 0 Å². The number of ether oxygens (including phenoxy) is 1. The largest absolute Gasteiger partial charge is 0.376 e. The Morgan fingerprint density at radius 2 is 1.90 bits per heavy atom. The van der Waals surface area contributed by atoms with Crippen LogP contribution in [0.3, 0.4) is 0 Å². The number of aromatic nitrogens is 2. The number of para-hydroxylation sites is 1. The van der Waals surface area contributed by atoms with E-state index in [4.69, 9.17) is 16.3 Å². The molecule has 0 aliphatic heterocycles. The van der Waals surface area contributed by atoms with Gasteiger partial charge in [0.1, 0.15) is 5.15 Å². The van der Waals surface area contributed by atoms with Gasteiger partial charge < -0.3 is 4.74 Å². The summed E-state index contributed by atoms with van der Waals surface area (Å²) in [4.78, 5) is 8.65. The van der Waals surface area contributed by atoms with Crippen LogP contribution in [0.5, 0.6) is 0 Å². The summed E-state index contributed by atoms with van der Waals surface area (Å²) in [6.45, 7) is 1.07. The first kappa shape index (κ1) is 14.0. The lowest BCUT2D eigenvalue weighted by atomic mass is 10.2. The molecule has 3 aromatic rings. The third-order valence-electron chi connectivity index (χ3n) is 3.24. The number of hydrogen-bond donors (Lipinski definition) is 0. The fourth-order valence-electron chi connectivity index (χ4n) is 2.14. The molecule has 0 atom stereocenters. The van der Waals surface area contributed by atoms with E-state index in [1.807, 2.05) is 48.5 Å². The van der Waals surface area contributed by atoms with Gasteiger partial charge in [-0.15, -0.1) is 0 Å². The number of hydrogen-bond acceptors (Lipinski definition) is 3. The van der Waals surface area contributed by atoms with Gasteiger partial charge >= 0.3 is 0 Å². The molecule has 0 unspecified atom stereocenters. The van der Waals surface area contributed by atoms with Crippen LogP contribution in [0.2, 0.25) is 5.15 Å². The third kappa shape index (κ3) is 3.57. The Bertz CT molecular complexity index is 731. The van der Waals surface area contributed by atoms with E-state index in [1.54, 1.807) is 6.20 Å². The minimum atomic E-state index is 0.462. The van der Waals surface area contributed by atoms with Crippen molar-refractivity contribution in [3.8, 4) is 0 Å². The van der Waals surface area contributed by atoms with Crippen molar-refractivity contribution in [2.45, 2.75) is 13.0 Å². The first-order valence-electron chi connectivity index (χ1n) is 6.85. The predicted molar refractivity (Wildman–Crippen MR) is 84.4 cm³/mol. The normalized spacial score (nSPS) is 10.9. The molecule has 0 spiro atoms. The SMILES string of the molecule is Clc1nc2ccccc2cc1COCCc1ccccn1. The molecule has 106 valence electrons. The van der Waals surface area contributed by atoms with Crippen molar-refractivity contribution in [1.29, 1.82) is 0 Å². The van der Waals surface area contributed by atoms with Gasteiger partial charge in [-0.2, -0.15) is 0 Å². The Balaban J connectivity index is 1.61. The van der Waals surface area contributed by atoms with E-state index in [-0.39, 0.29) is 0 Å². The number of halogens is 1. The van der Waals surface area contributed by atoms with E-state index in [1.165, 1.54) is 0 Å². The molecule has 0 amide bonds. The molecule has 21 heavy (non-hydrogen) atoms. The van der Waals surface area contributed by atoms with Gasteiger partial charge in [0.05, 0.1) is 18.7 Å². The topological polar surface area (TPSA) is 35.0 Å². The highest BCUT2D eigenvalue weighted by Gasteiger charge is 2.05. The molecule has 0 radical (unpaired) electrons. The fraction of sp³-hybridized carbons (Fsp3) is 0.176. The summed E-state index contributed by atoms with van der Waals surface area (Å²) in [6.07, 6.45) is 2.58. The van der Waals surface area contributed by atoms with Crippen LogP contribution in [0, 0.1) is 0 Å². The van der Waals surface area contributed by atoms with Gasteiger partial charge in [-0.3, -0.25) is 4.98 Å². The van der Waals surface area contributed by atoms with Crippen LogP contribution in [0.1, 0.15) is 11.3 Å². The minimum Gasteiger partial charge on any atom is -0.376 e. The molecule has 1 aromatic carbocycles. The van der Waals surface area contributed by atoms with Gasteiger partial charge in [0.25, 0.3) is 0 Å². The Morgan fingerprint density at radius 1 is 1.05 bits per heavy atom. The molecule has 2 aromatic heterocycles. The maximum atomic E-state index is 6.20. The Kier molecular flexibility index (Phi) is 4.43. The van der Waals surface area contributed by atoms with Gasteiger partial charge in [-0.05, 0) is 24.3 Å². The zero-order valence-corrected chi connectivity index (χ0v) is 12.3. The van der Waals surface area contributed by atoms with Crippen molar-refractivity contribution >= 4 is 22.5 Å². The van der Waals surface area contributed by atoms with Crippen LogP contribution >= 0.6 is 11.6 Å². The summed E-state index contributed by atoms with van der Waals surface area (Å²) in [5.41, 5.74) is 2.84. The highest BCUT2D eigenvalue weighted by molar-refractivity contribution is 6.30. The van der Waals surface area contributed by atoms with Gasteiger partial charge in [0.15, 0.2) is 0 Å². The Labute approximate surface area is 128 Å². The van der Waals surface area contributed by atoms with Gasteiger partial charge in [-0.1, -0.05) is 35.9 Å². The van der Waals surface area contributed by atoms with Gasteiger partial charge in [-0.25, -0.2) is 4.98 Å². The number of rotatable bonds is 5. The van der Waals surface area contributed by atoms with Crippen molar-refractivity contribution in [2.24, 2.45) is 0 Å². The van der Waals surface area contributed by atoms with Crippen LogP contribution in [0.25, 0.3) is 10.9 Å². The first-order valence-corrected chi connectivity index (χ1v) is 7.22. The van der Waals surface area contributed by atoms with Gasteiger partial charge in [0.2, 0.25) is 0 Å². The van der Waals surface area contributed by atoms with E-state index in [9.17, 15) is 0 Å². The maximum absolute atomic E-state index is 6.20. The van der Waals surface area contributed by atoms with Crippen molar-refractivity contribution in [3.63, 3.8) is 0 Å². The van der Waals surface area contributed by atoms with E-state index >= 15 is 0 Å². The lowest BCUT2D eigenvalue weighted by Crippen LogP contribution is -2.01. The van der Waals surface area contributed by atoms with Crippen molar-refractivity contribution in [1.82, 2.24) is 9.97 Å². The molecular weight excluding hydrogens is 284 g/mol. The highest BCUT2D eigenvalue weighted by Crippen LogP contribution is 2.21. The summed E-state index contributed by atoms with van der Waals surface area (Å²) in [5.74, 6) is 0. The third-order valence-corrected chi connectivity index (χ3v) is 3.56. The number of benzene rings is 1. The van der Waals surface area contributed by atoms with Crippen LogP contribution < -0.4 is 0 Å². The molecule has 0 fully saturated rings. The van der Waals surface area contributed by atoms with Crippen molar-refractivity contribution in [2.75, 3.05) is 6.61 Å². The fourth-order valence-corrected chi connectivity index (χ4v) is 2.34. The summed E-state index contributed by atoms with van der Waals surface area (Å²) >= 11 is 6.20. The quantitative estimate of drug-likeness (QED) is 0.527. The molecule has 0 aliphatic rings. The van der Waals surface area contributed by atoms with Crippen LogP contribution in [0.4, 0.5) is 0 Å². The smallest absolute Gasteiger partial charge is 0.135 e. The highest BCUT2D eigenvalue weighted by atomic mass is 35.5. The lowest BCUT2D eigenvalue weighted by Gasteiger charge is -2.07. The average molecular weight is 299 g/mol. The van der Waals surface area contributed by atoms with Crippen LogP contribution in [0.15, 0.2) is 54.7 Å². The number of fused-ring (bicyclic) bond motifs is 1. The summed E-state index contributed by atoms with van der Waals surface area (Å²) < 4.78 is 5.69. The molecule has 2 heterocycles. The van der Waals surface area contributed by atoms with Crippen LogP contribution in [-0.2, 0) is 17.8 Å². The second-order valence-electron chi connectivity index (χ2n) is 4.75. The molecule has 3 nitrogen and oxygen atoms in total. The summed E-state index contributed by atoms with van der Waals surface area (Å²) in [7, 11) is 0. The number of nitrogens with zero attached hydrogens (tertiary/aromatic N) is 2. The lowest BCUT2D eigenvalue weighted by molar-refractivity contribution is 0.123. The molecule has 0 saturated heterocycles. The predicted octanol–water partition coefficient (Wildman–Crippen LogP) is 4.04. The Morgan fingerprint density at radius 3 is 2.76 bits per heavy atom. The zero-order valence-electron chi connectivity index (χ0n) is 11.5.